The molecule has 1 heterocycles. The van der Waals surface area contributed by atoms with E-state index in [0.29, 0.717) is 6.54 Å². The molecule has 138 valence electrons. The molecule has 2 aromatic rings. The number of non-ortho nitro benzene ring substituents is 1. The highest BCUT2D eigenvalue weighted by Crippen LogP contribution is 2.49. The summed E-state index contributed by atoms with van der Waals surface area (Å²) in [5.74, 6) is 0.404. The Morgan fingerprint density at radius 2 is 1.93 bits per heavy atom. The van der Waals surface area contributed by atoms with Gasteiger partial charge in [0.05, 0.1) is 11.0 Å². The molecule has 5 heteroatoms. The van der Waals surface area contributed by atoms with Crippen LogP contribution in [-0.4, -0.2) is 15.7 Å². The number of amides is 1. The number of fused-ring (bicyclic) bond motifs is 1. The maximum atomic E-state index is 13.3. The molecule has 0 spiro atoms. The van der Waals surface area contributed by atoms with Crippen LogP contribution in [-0.2, 0) is 11.3 Å². The zero-order valence-corrected chi connectivity index (χ0v) is 15.2. The van der Waals surface area contributed by atoms with Crippen LogP contribution in [0.4, 0.5) is 5.69 Å². The van der Waals surface area contributed by atoms with Gasteiger partial charge >= 0.3 is 0 Å². The van der Waals surface area contributed by atoms with Gasteiger partial charge in [-0.3, -0.25) is 14.9 Å². The van der Waals surface area contributed by atoms with Crippen molar-refractivity contribution in [1.82, 2.24) is 4.90 Å². The summed E-state index contributed by atoms with van der Waals surface area (Å²) >= 11 is 0. The minimum atomic E-state index is -0.376. The van der Waals surface area contributed by atoms with E-state index in [4.69, 9.17) is 0 Å². The highest BCUT2D eigenvalue weighted by molar-refractivity contribution is 5.83. The topological polar surface area (TPSA) is 63.5 Å². The van der Waals surface area contributed by atoms with Crippen LogP contribution < -0.4 is 0 Å². The number of hydrogen-bond donors (Lipinski definition) is 0. The summed E-state index contributed by atoms with van der Waals surface area (Å²) in [7, 11) is 0. The average Bonchev–Trinajstić information content (AvgIpc) is 2.96. The molecule has 0 saturated carbocycles. The standard InChI is InChI=1S/C22H22N2O3/c1-15-7-5-12-19-20(15)22(25)23(14-16-8-3-2-4-9-16)21(19)17-10-6-11-18(13-17)24(26)27/h2-6,8-13,15,19-21H,7,14H2,1H3/t15-,19+,20+,21+/m1/s1. The highest BCUT2D eigenvalue weighted by atomic mass is 16.6. The number of nitro benzene ring substituents is 1. The number of allylic oxidation sites excluding steroid dienone is 1. The smallest absolute Gasteiger partial charge is 0.269 e. The number of rotatable bonds is 4. The lowest BCUT2D eigenvalue weighted by atomic mass is 9.75. The van der Waals surface area contributed by atoms with Crippen molar-refractivity contribution in [3.05, 3.63) is 88.0 Å². The second-order valence-corrected chi connectivity index (χ2v) is 7.49. The average molecular weight is 362 g/mol. The van der Waals surface area contributed by atoms with E-state index in [2.05, 4.69) is 19.1 Å². The van der Waals surface area contributed by atoms with Gasteiger partial charge in [0, 0.05) is 30.5 Å². The minimum absolute atomic E-state index is 0.0481. The van der Waals surface area contributed by atoms with Gasteiger partial charge in [-0.15, -0.1) is 0 Å². The molecule has 1 fully saturated rings. The van der Waals surface area contributed by atoms with Gasteiger partial charge < -0.3 is 4.90 Å². The third-order valence-corrected chi connectivity index (χ3v) is 5.78. The largest absolute Gasteiger partial charge is 0.330 e. The summed E-state index contributed by atoms with van der Waals surface area (Å²) < 4.78 is 0. The fraction of sp³-hybridized carbons (Fsp3) is 0.318. The Bertz CT molecular complexity index is 893. The summed E-state index contributed by atoms with van der Waals surface area (Å²) in [6, 6.07) is 16.5. The summed E-state index contributed by atoms with van der Waals surface area (Å²) in [6.45, 7) is 2.64. The Balaban J connectivity index is 1.77. The predicted molar refractivity (Wildman–Crippen MR) is 103 cm³/mol. The summed E-state index contributed by atoms with van der Waals surface area (Å²) in [6.07, 6.45) is 5.18. The van der Waals surface area contributed by atoms with Gasteiger partial charge in [-0.2, -0.15) is 0 Å². The molecule has 1 aliphatic heterocycles. The molecule has 5 nitrogen and oxygen atoms in total. The third kappa shape index (κ3) is 3.14. The van der Waals surface area contributed by atoms with Crippen molar-refractivity contribution in [2.45, 2.75) is 25.9 Å². The lowest BCUT2D eigenvalue weighted by molar-refractivity contribution is -0.385. The Hall–Kier alpha value is -2.95. The zero-order chi connectivity index (χ0) is 19.0. The van der Waals surface area contributed by atoms with Gasteiger partial charge in [-0.05, 0) is 23.5 Å². The Labute approximate surface area is 158 Å². The van der Waals surface area contributed by atoms with Crippen molar-refractivity contribution < 1.29 is 9.72 Å². The van der Waals surface area contributed by atoms with Crippen molar-refractivity contribution >= 4 is 11.6 Å². The Kier molecular flexibility index (Phi) is 4.52. The van der Waals surface area contributed by atoms with Crippen LogP contribution in [0.25, 0.3) is 0 Å². The normalized spacial score (nSPS) is 26.9. The molecule has 0 bridgehead atoms. The first-order valence-corrected chi connectivity index (χ1v) is 9.31. The van der Waals surface area contributed by atoms with Crippen LogP contribution >= 0.6 is 0 Å². The van der Waals surface area contributed by atoms with Gasteiger partial charge in [0.2, 0.25) is 5.91 Å². The van der Waals surface area contributed by atoms with Crippen LogP contribution in [0, 0.1) is 27.9 Å². The van der Waals surface area contributed by atoms with Gasteiger partial charge in [0.15, 0.2) is 0 Å². The molecular formula is C22H22N2O3. The quantitative estimate of drug-likeness (QED) is 0.457. The van der Waals surface area contributed by atoms with E-state index in [9.17, 15) is 14.9 Å². The van der Waals surface area contributed by atoms with Crippen LogP contribution in [0.2, 0.25) is 0 Å². The maximum absolute atomic E-state index is 13.3. The summed E-state index contributed by atoms with van der Waals surface area (Å²) in [5.41, 5.74) is 1.96. The second kappa shape index (κ2) is 6.99. The zero-order valence-electron chi connectivity index (χ0n) is 15.2. The SMILES string of the molecule is C[C@@H]1CC=C[C@H]2[C@H]1C(=O)N(Cc1ccccc1)[C@H]2c1cccc([N+](=O)[O-])c1. The lowest BCUT2D eigenvalue weighted by Gasteiger charge is -2.29. The molecule has 1 aliphatic carbocycles. The Morgan fingerprint density at radius 1 is 1.15 bits per heavy atom. The first-order valence-electron chi connectivity index (χ1n) is 9.31. The molecule has 0 aromatic heterocycles. The van der Waals surface area contributed by atoms with E-state index in [1.807, 2.05) is 41.3 Å². The van der Waals surface area contributed by atoms with Crippen molar-refractivity contribution in [3.8, 4) is 0 Å². The van der Waals surface area contributed by atoms with Gasteiger partial charge in [-0.1, -0.05) is 61.5 Å². The number of benzene rings is 2. The number of carbonyl (C=O) groups is 1. The highest BCUT2D eigenvalue weighted by Gasteiger charge is 2.50. The van der Waals surface area contributed by atoms with E-state index in [-0.39, 0.29) is 40.3 Å². The molecule has 4 atom stereocenters. The van der Waals surface area contributed by atoms with Crippen LogP contribution in [0.1, 0.15) is 30.5 Å². The van der Waals surface area contributed by atoms with E-state index >= 15 is 0 Å². The molecular weight excluding hydrogens is 340 g/mol. The third-order valence-electron chi connectivity index (χ3n) is 5.78. The molecule has 1 amide bonds. The van der Waals surface area contributed by atoms with Crippen molar-refractivity contribution in [1.29, 1.82) is 0 Å². The van der Waals surface area contributed by atoms with Crippen LogP contribution in [0.5, 0.6) is 0 Å². The van der Waals surface area contributed by atoms with Crippen molar-refractivity contribution in [2.24, 2.45) is 17.8 Å². The Morgan fingerprint density at radius 3 is 2.67 bits per heavy atom. The number of nitrogens with zero attached hydrogens (tertiary/aromatic N) is 2. The minimum Gasteiger partial charge on any atom is -0.330 e. The van der Waals surface area contributed by atoms with E-state index in [1.54, 1.807) is 12.1 Å². The number of carbonyl (C=O) groups excluding carboxylic acids is 1. The van der Waals surface area contributed by atoms with E-state index in [0.717, 1.165) is 17.5 Å². The predicted octanol–water partition coefficient (Wildman–Crippen LogP) is 4.51. The van der Waals surface area contributed by atoms with Gasteiger partial charge in [0.1, 0.15) is 0 Å². The lowest BCUT2D eigenvalue weighted by Crippen LogP contribution is -2.30. The van der Waals surface area contributed by atoms with Gasteiger partial charge in [-0.25, -0.2) is 0 Å². The molecule has 4 rings (SSSR count). The summed E-state index contributed by atoms with van der Waals surface area (Å²) in [5, 5.41) is 11.3. The molecule has 1 saturated heterocycles. The molecule has 2 aliphatic rings. The monoisotopic (exact) mass is 362 g/mol. The summed E-state index contributed by atoms with van der Waals surface area (Å²) in [4.78, 5) is 26.1. The second-order valence-electron chi connectivity index (χ2n) is 7.49. The fourth-order valence-corrected chi connectivity index (χ4v) is 4.52. The molecule has 0 radical (unpaired) electrons. The van der Waals surface area contributed by atoms with Crippen LogP contribution in [0.3, 0.4) is 0 Å². The molecule has 2 aromatic carbocycles. The van der Waals surface area contributed by atoms with Gasteiger partial charge in [0.25, 0.3) is 5.69 Å². The van der Waals surface area contributed by atoms with E-state index < -0.39 is 0 Å². The number of nitro groups is 1. The number of hydrogen-bond acceptors (Lipinski definition) is 3. The molecule has 0 N–H and O–H groups in total. The fourth-order valence-electron chi connectivity index (χ4n) is 4.52. The molecule has 27 heavy (non-hydrogen) atoms. The maximum Gasteiger partial charge on any atom is 0.269 e. The van der Waals surface area contributed by atoms with Crippen molar-refractivity contribution in [2.75, 3.05) is 0 Å². The van der Waals surface area contributed by atoms with E-state index in [1.165, 1.54) is 6.07 Å². The number of likely N-dealkylation sites (tertiary alicyclic amines) is 1. The van der Waals surface area contributed by atoms with Crippen LogP contribution in [0.15, 0.2) is 66.7 Å². The first kappa shape index (κ1) is 17.5. The van der Waals surface area contributed by atoms with Crippen molar-refractivity contribution in [3.63, 3.8) is 0 Å². The molecule has 0 unspecified atom stereocenters. The first-order chi connectivity index (χ1) is 13.1.